The summed E-state index contributed by atoms with van der Waals surface area (Å²) in [6.07, 6.45) is -2.22. The summed E-state index contributed by atoms with van der Waals surface area (Å²) in [6, 6.07) is 4.04. The molecule has 0 spiro atoms. The highest BCUT2D eigenvalue weighted by Gasteiger charge is 2.38. The Hall–Kier alpha value is -2.20. The van der Waals surface area contributed by atoms with Crippen molar-refractivity contribution < 1.29 is 37.3 Å². The number of carboxylic acid groups (broad SMARTS) is 1. The van der Waals surface area contributed by atoms with Gasteiger partial charge in [-0.25, -0.2) is 4.79 Å². The van der Waals surface area contributed by atoms with E-state index in [1.165, 1.54) is 32.5 Å². The van der Waals surface area contributed by atoms with E-state index in [1.807, 2.05) is 6.07 Å². The molecular weight excluding hydrogens is 405 g/mol. The number of alkyl halides is 3. The molecule has 2 aliphatic rings. The standard InChI is InChI=1S/C18H28N2O3.C2HF3O2/c1-21-16-7-6-15(17(22-2)18(16)23-3)13-20-10-8-19(9-11-20)12-14-4-5-14;3-2(4,5)1(6)7/h6-7,14H,4-5,8-13H2,1-3H3;(H,6,7). The highest BCUT2D eigenvalue weighted by molar-refractivity contribution is 5.73. The molecule has 1 aliphatic heterocycles. The molecule has 0 radical (unpaired) electrons. The van der Waals surface area contributed by atoms with Gasteiger partial charge in [0.1, 0.15) is 0 Å². The number of hydrogen-bond donors (Lipinski definition) is 1. The van der Waals surface area contributed by atoms with Crippen LogP contribution >= 0.6 is 0 Å². The molecule has 0 amide bonds. The van der Waals surface area contributed by atoms with Crippen molar-refractivity contribution in [2.75, 3.05) is 54.1 Å². The zero-order valence-electron chi connectivity index (χ0n) is 17.5. The number of rotatable bonds is 7. The number of carboxylic acids is 1. The van der Waals surface area contributed by atoms with Gasteiger partial charge in [0.2, 0.25) is 5.75 Å². The number of methoxy groups -OCH3 is 3. The molecule has 1 aromatic rings. The zero-order chi connectivity index (χ0) is 22.3. The Morgan fingerprint density at radius 2 is 1.53 bits per heavy atom. The summed E-state index contributed by atoms with van der Waals surface area (Å²) < 4.78 is 48.2. The van der Waals surface area contributed by atoms with Crippen LogP contribution in [0.5, 0.6) is 17.2 Å². The highest BCUT2D eigenvalue weighted by Crippen LogP contribution is 2.40. The van der Waals surface area contributed by atoms with Gasteiger partial charge in [0.25, 0.3) is 0 Å². The maximum atomic E-state index is 10.6. The molecule has 7 nitrogen and oxygen atoms in total. The summed E-state index contributed by atoms with van der Waals surface area (Å²) in [4.78, 5) is 14.0. The molecule has 2 fully saturated rings. The Balaban J connectivity index is 0.000000396. The summed E-state index contributed by atoms with van der Waals surface area (Å²) in [5.74, 6) is 0.398. The number of carbonyl (C=O) groups is 1. The molecule has 0 atom stereocenters. The van der Waals surface area contributed by atoms with Crippen LogP contribution in [0, 0.1) is 5.92 Å². The topological polar surface area (TPSA) is 71.5 Å². The third-order valence-electron chi connectivity index (χ3n) is 5.10. The van der Waals surface area contributed by atoms with E-state index < -0.39 is 12.1 Å². The molecule has 1 aromatic carbocycles. The third-order valence-corrected chi connectivity index (χ3v) is 5.10. The molecule has 1 aliphatic carbocycles. The summed E-state index contributed by atoms with van der Waals surface area (Å²) in [7, 11) is 4.99. The van der Waals surface area contributed by atoms with Gasteiger partial charge in [-0.05, 0) is 24.8 Å². The lowest BCUT2D eigenvalue weighted by molar-refractivity contribution is -0.192. The Morgan fingerprint density at radius 3 is 1.97 bits per heavy atom. The van der Waals surface area contributed by atoms with Gasteiger partial charge in [-0.1, -0.05) is 6.07 Å². The molecule has 1 saturated carbocycles. The number of hydrogen-bond acceptors (Lipinski definition) is 6. The Bertz CT molecular complexity index is 702. The smallest absolute Gasteiger partial charge is 0.490 e. The van der Waals surface area contributed by atoms with Crippen molar-refractivity contribution in [2.45, 2.75) is 25.6 Å². The molecular formula is C20H29F3N2O5. The molecule has 30 heavy (non-hydrogen) atoms. The van der Waals surface area contributed by atoms with Crippen LogP contribution in [0.2, 0.25) is 0 Å². The van der Waals surface area contributed by atoms with Crippen LogP contribution in [0.15, 0.2) is 12.1 Å². The minimum absolute atomic E-state index is 0.680. The minimum Gasteiger partial charge on any atom is -0.493 e. The van der Waals surface area contributed by atoms with Crippen LogP contribution in [0.1, 0.15) is 18.4 Å². The average molecular weight is 434 g/mol. The normalized spacial score (nSPS) is 17.7. The highest BCUT2D eigenvalue weighted by atomic mass is 19.4. The molecule has 10 heteroatoms. The lowest BCUT2D eigenvalue weighted by Gasteiger charge is -2.35. The quantitative estimate of drug-likeness (QED) is 0.708. The number of benzene rings is 1. The van der Waals surface area contributed by atoms with E-state index in [2.05, 4.69) is 15.9 Å². The van der Waals surface area contributed by atoms with Crippen molar-refractivity contribution in [3.8, 4) is 17.2 Å². The van der Waals surface area contributed by atoms with Gasteiger partial charge in [0.15, 0.2) is 11.5 Å². The van der Waals surface area contributed by atoms with Gasteiger partial charge in [0, 0.05) is 44.8 Å². The molecule has 1 saturated heterocycles. The van der Waals surface area contributed by atoms with E-state index in [9.17, 15) is 13.2 Å². The van der Waals surface area contributed by atoms with Crippen molar-refractivity contribution in [1.82, 2.24) is 9.80 Å². The molecule has 1 heterocycles. The largest absolute Gasteiger partial charge is 0.493 e. The van der Waals surface area contributed by atoms with Gasteiger partial charge >= 0.3 is 12.1 Å². The summed E-state index contributed by atoms with van der Waals surface area (Å²) in [6.45, 7) is 6.76. The van der Waals surface area contributed by atoms with Crippen molar-refractivity contribution >= 4 is 5.97 Å². The van der Waals surface area contributed by atoms with E-state index >= 15 is 0 Å². The zero-order valence-corrected chi connectivity index (χ0v) is 17.5. The average Bonchev–Trinajstić information content (AvgIpc) is 3.52. The van der Waals surface area contributed by atoms with E-state index in [4.69, 9.17) is 24.1 Å². The molecule has 0 bridgehead atoms. The first-order valence-corrected chi connectivity index (χ1v) is 9.72. The SMILES string of the molecule is COc1ccc(CN2CCN(CC3CC3)CC2)c(OC)c1OC.O=C(O)C(F)(F)F. The summed E-state index contributed by atoms with van der Waals surface area (Å²) >= 11 is 0. The van der Waals surface area contributed by atoms with Gasteiger partial charge in [-0.3, -0.25) is 4.90 Å². The van der Waals surface area contributed by atoms with E-state index in [-0.39, 0.29) is 0 Å². The lowest BCUT2D eigenvalue weighted by atomic mass is 10.1. The summed E-state index contributed by atoms with van der Waals surface area (Å²) in [5.41, 5.74) is 1.15. The molecule has 0 aromatic heterocycles. The van der Waals surface area contributed by atoms with Gasteiger partial charge in [0.05, 0.1) is 21.3 Å². The monoisotopic (exact) mass is 434 g/mol. The fraction of sp³-hybridized carbons (Fsp3) is 0.650. The lowest BCUT2D eigenvalue weighted by Crippen LogP contribution is -2.46. The number of nitrogens with zero attached hydrogens (tertiary/aromatic N) is 2. The van der Waals surface area contributed by atoms with Gasteiger partial charge < -0.3 is 24.2 Å². The van der Waals surface area contributed by atoms with Crippen LogP contribution in [0.3, 0.4) is 0 Å². The maximum absolute atomic E-state index is 10.6. The van der Waals surface area contributed by atoms with E-state index in [0.29, 0.717) is 11.5 Å². The number of piperazine rings is 1. The Morgan fingerprint density at radius 1 is 1.00 bits per heavy atom. The number of halogens is 3. The predicted molar refractivity (Wildman–Crippen MR) is 104 cm³/mol. The van der Waals surface area contributed by atoms with Gasteiger partial charge in [-0.15, -0.1) is 0 Å². The van der Waals surface area contributed by atoms with Gasteiger partial charge in [-0.2, -0.15) is 13.2 Å². The number of ether oxygens (including phenoxy) is 3. The van der Waals surface area contributed by atoms with Crippen LogP contribution < -0.4 is 14.2 Å². The van der Waals surface area contributed by atoms with Crippen molar-refractivity contribution in [1.29, 1.82) is 0 Å². The first-order chi connectivity index (χ1) is 14.2. The van der Waals surface area contributed by atoms with Crippen LogP contribution in [-0.2, 0) is 11.3 Å². The first-order valence-electron chi connectivity index (χ1n) is 9.72. The molecule has 0 unspecified atom stereocenters. The van der Waals surface area contributed by atoms with Crippen LogP contribution in [-0.4, -0.2) is 81.1 Å². The predicted octanol–water partition coefficient (Wildman–Crippen LogP) is 2.87. The molecule has 3 rings (SSSR count). The second kappa shape index (κ2) is 10.7. The second-order valence-corrected chi connectivity index (χ2v) is 7.32. The fourth-order valence-electron chi connectivity index (χ4n) is 3.32. The first kappa shape index (κ1) is 24.1. The minimum atomic E-state index is -5.08. The van der Waals surface area contributed by atoms with Crippen molar-refractivity contribution in [2.24, 2.45) is 5.92 Å². The third kappa shape index (κ3) is 6.94. The fourth-order valence-corrected chi connectivity index (χ4v) is 3.32. The summed E-state index contributed by atoms with van der Waals surface area (Å²) in [5, 5.41) is 7.12. The van der Waals surface area contributed by atoms with Crippen molar-refractivity contribution in [3.63, 3.8) is 0 Å². The van der Waals surface area contributed by atoms with Crippen LogP contribution in [0.4, 0.5) is 13.2 Å². The molecule has 170 valence electrons. The van der Waals surface area contributed by atoms with E-state index in [0.717, 1.165) is 36.9 Å². The molecule has 1 N–H and O–H groups in total. The Labute approximate surface area is 174 Å². The maximum Gasteiger partial charge on any atom is 0.490 e. The Kier molecular flexibility index (Phi) is 8.60. The van der Waals surface area contributed by atoms with Crippen molar-refractivity contribution in [3.05, 3.63) is 17.7 Å². The van der Waals surface area contributed by atoms with Crippen LogP contribution in [0.25, 0.3) is 0 Å². The second-order valence-electron chi connectivity index (χ2n) is 7.32. The number of aliphatic carboxylic acids is 1. The van der Waals surface area contributed by atoms with E-state index in [1.54, 1.807) is 21.3 Å².